The zero-order valence-electron chi connectivity index (χ0n) is 13.9. The van der Waals surface area contributed by atoms with Crippen molar-refractivity contribution in [1.82, 2.24) is 4.90 Å². The van der Waals surface area contributed by atoms with Crippen molar-refractivity contribution in [2.24, 2.45) is 0 Å². The molecule has 1 amide bonds. The number of hydrogen-bond donors (Lipinski definition) is 0. The fraction of sp³-hybridized carbons (Fsp3) is 0.350. The molecule has 0 N–H and O–H groups in total. The van der Waals surface area contributed by atoms with E-state index in [1.54, 1.807) is 23.1 Å². The van der Waals surface area contributed by atoms with Crippen molar-refractivity contribution >= 4 is 5.91 Å². The third-order valence-electron chi connectivity index (χ3n) is 4.77. The quantitative estimate of drug-likeness (QED) is 0.830. The smallest absolute Gasteiger partial charge is 0.257 e. The van der Waals surface area contributed by atoms with Gasteiger partial charge in [-0.3, -0.25) is 4.79 Å². The molecule has 2 aliphatic heterocycles. The molecule has 1 fully saturated rings. The molecule has 2 aliphatic rings. The maximum Gasteiger partial charge on any atom is 0.257 e. The Bertz CT molecular complexity index is 792. The van der Waals surface area contributed by atoms with E-state index in [0.717, 1.165) is 36.3 Å². The maximum atomic E-state index is 14.0. The van der Waals surface area contributed by atoms with Gasteiger partial charge >= 0.3 is 0 Å². The van der Waals surface area contributed by atoms with Gasteiger partial charge in [0.25, 0.3) is 5.91 Å². The van der Waals surface area contributed by atoms with Crippen molar-refractivity contribution in [3.63, 3.8) is 0 Å². The summed E-state index contributed by atoms with van der Waals surface area (Å²) in [4.78, 5) is 14.6. The summed E-state index contributed by atoms with van der Waals surface area (Å²) >= 11 is 0. The molecule has 4 rings (SSSR count). The van der Waals surface area contributed by atoms with Gasteiger partial charge in [0, 0.05) is 13.0 Å². The van der Waals surface area contributed by atoms with Crippen LogP contribution in [0.15, 0.2) is 42.5 Å². The number of fused-ring (bicyclic) bond motifs is 1. The predicted molar refractivity (Wildman–Crippen MR) is 91.5 cm³/mol. The van der Waals surface area contributed by atoms with Crippen molar-refractivity contribution in [1.29, 1.82) is 0 Å². The van der Waals surface area contributed by atoms with Crippen LogP contribution in [0.1, 0.15) is 41.2 Å². The zero-order valence-corrected chi connectivity index (χ0v) is 13.9. The molecule has 0 spiro atoms. The first-order valence-corrected chi connectivity index (χ1v) is 8.69. The highest BCUT2D eigenvalue weighted by Crippen LogP contribution is 2.38. The van der Waals surface area contributed by atoms with E-state index in [-0.39, 0.29) is 17.5 Å². The van der Waals surface area contributed by atoms with Crippen molar-refractivity contribution in [2.75, 3.05) is 19.8 Å². The summed E-state index contributed by atoms with van der Waals surface area (Å²) in [5.74, 6) is 0.732. The fourth-order valence-electron chi connectivity index (χ4n) is 3.53. The number of ether oxygens (including phenoxy) is 2. The Balaban J connectivity index is 1.63. The van der Waals surface area contributed by atoms with E-state index in [4.69, 9.17) is 9.47 Å². The molecule has 0 aromatic heterocycles. The molecular formula is C20H20FNO3. The maximum absolute atomic E-state index is 14.0. The third-order valence-corrected chi connectivity index (χ3v) is 4.77. The highest BCUT2D eigenvalue weighted by atomic mass is 19.1. The number of hydrogen-bond acceptors (Lipinski definition) is 3. The molecule has 25 heavy (non-hydrogen) atoms. The van der Waals surface area contributed by atoms with E-state index in [2.05, 4.69) is 0 Å². The second-order valence-electron chi connectivity index (χ2n) is 6.39. The molecule has 0 aliphatic carbocycles. The molecule has 0 radical (unpaired) electrons. The number of rotatable bonds is 2. The lowest BCUT2D eigenvalue weighted by molar-refractivity contribution is 0.0730. The van der Waals surface area contributed by atoms with Crippen LogP contribution in [0.2, 0.25) is 0 Å². The summed E-state index contributed by atoms with van der Waals surface area (Å²) in [6.07, 6.45) is 2.62. The number of benzene rings is 2. The third kappa shape index (κ3) is 3.06. The van der Waals surface area contributed by atoms with E-state index in [1.807, 2.05) is 18.2 Å². The first-order chi connectivity index (χ1) is 12.2. The second-order valence-corrected chi connectivity index (χ2v) is 6.39. The molecule has 130 valence electrons. The Labute approximate surface area is 146 Å². The molecule has 0 unspecified atom stereocenters. The van der Waals surface area contributed by atoms with Gasteiger partial charge in [0.05, 0.1) is 24.8 Å². The number of likely N-dealkylation sites (tertiary alicyclic amines) is 1. The van der Waals surface area contributed by atoms with E-state index in [1.165, 1.54) is 6.07 Å². The molecule has 0 saturated carbocycles. The topological polar surface area (TPSA) is 38.8 Å². The summed E-state index contributed by atoms with van der Waals surface area (Å²) < 4.78 is 25.4. The van der Waals surface area contributed by atoms with Crippen LogP contribution in [0.3, 0.4) is 0 Å². The molecule has 5 heteroatoms. The molecule has 2 aromatic rings. The van der Waals surface area contributed by atoms with Gasteiger partial charge in [0.15, 0.2) is 11.5 Å². The molecule has 0 bridgehead atoms. The van der Waals surface area contributed by atoms with Crippen LogP contribution in [-0.4, -0.2) is 30.6 Å². The van der Waals surface area contributed by atoms with Gasteiger partial charge in [-0.05, 0) is 42.7 Å². The first-order valence-electron chi connectivity index (χ1n) is 8.69. The van der Waals surface area contributed by atoms with E-state index < -0.39 is 5.82 Å². The summed E-state index contributed by atoms with van der Waals surface area (Å²) in [5, 5.41) is 0. The molecular weight excluding hydrogens is 321 g/mol. The minimum Gasteiger partial charge on any atom is -0.490 e. The van der Waals surface area contributed by atoms with Crippen molar-refractivity contribution in [3.8, 4) is 11.5 Å². The SMILES string of the molecule is O=C(c1ccccc1F)N1CCC[C@H]1c1ccc2c(c1)OCCCO2. The van der Waals surface area contributed by atoms with Gasteiger partial charge in [-0.2, -0.15) is 0 Å². The minimum absolute atomic E-state index is 0.0655. The number of amides is 1. The van der Waals surface area contributed by atoms with Crippen LogP contribution in [-0.2, 0) is 0 Å². The van der Waals surface area contributed by atoms with E-state index >= 15 is 0 Å². The predicted octanol–water partition coefficient (Wildman–Crippen LogP) is 3.96. The van der Waals surface area contributed by atoms with Crippen molar-refractivity contribution < 1.29 is 18.7 Å². The lowest BCUT2D eigenvalue weighted by Gasteiger charge is -2.26. The van der Waals surface area contributed by atoms with Crippen LogP contribution in [0.4, 0.5) is 4.39 Å². The summed E-state index contributed by atoms with van der Waals surface area (Å²) in [6, 6.07) is 11.9. The summed E-state index contributed by atoms with van der Waals surface area (Å²) in [6.45, 7) is 1.90. The van der Waals surface area contributed by atoms with E-state index in [9.17, 15) is 9.18 Å². The zero-order chi connectivity index (χ0) is 17.2. The molecule has 1 atom stereocenters. The van der Waals surface area contributed by atoms with Crippen LogP contribution >= 0.6 is 0 Å². The van der Waals surface area contributed by atoms with Gasteiger partial charge in [-0.1, -0.05) is 18.2 Å². The number of carbonyl (C=O) groups excluding carboxylic acids is 1. The van der Waals surface area contributed by atoms with Gasteiger partial charge in [-0.15, -0.1) is 0 Å². The molecule has 1 saturated heterocycles. The fourth-order valence-corrected chi connectivity index (χ4v) is 3.53. The van der Waals surface area contributed by atoms with Gasteiger partial charge < -0.3 is 14.4 Å². The minimum atomic E-state index is -0.475. The normalized spacial score (nSPS) is 19.6. The average Bonchev–Trinajstić information content (AvgIpc) is 3.00. The Morgan fingerprint density at radius 2 is 1.84 bits per heavy atom. The monoisotopic (exact) mass is 341 g/mol. The van der Waals surface area contributed by atoms with Gasteiger partial charge in [-0.25, -0.2) is 4.39 Å². The van der Waals surface area contributed by atoms with Crippen LogP contribution < -0.4 is 9.47 Å². The Morgan fingerprint density at radius 1 is 1.04 bits per heavy atom. The molecule has 2 heterocycles. The highest BCUT2D eigenvalue weighted by molar-refractivity contribution is 5.95. The largest absolute Gasteiger partial charge is 0.490 e. The van der Waals surface area contributed by atoms with Crippen molar-refractivity contribution in [2.45, 2.75) is 25.3 Å². The Hall–Kier alpha value is -2.56. The number of carbonyl (C=O) groups is 1. The van der Waals surface area contributed by atoms with Crippen LogP contribution in [0.25, 0.3) is 0 Å². The lowest BCUT2D eigenvalue weighted by atomic mass is 10.0. The number of halogens is 1. The van der Waals surface area contributed by atoms with Gasteiger partial charge in [0.1, 0.15) is 5.82 Å². The summed E-state index contributed by atoms with van der Waals surface area (Å²) in [7, 11) is 0. The lowest BCUT2D eigenvalue weighted by Crippen LogP contribution is -2.31. The Morgan fingerprint density at radius 3 is 2.68 bits per heavy atom. The molecule has 2 aromatic carbocycles. The Kier molecular flexibility index (Phi) is 4.30. The summed E-state index contributed by atoms with van der Waals surface area (Å²) in [5.41, 5.74) is 1.13. The highest BCUT2D eigenvalue weighted by Gasteiger charge is 2.32. The van der Waals surface area contributed by atoms with Crippen LogP contribution in [0, 0.1) is 5.82 Å². The molecule has 4 nitrogen and oxygen atoms in total. The van der Waals surface area contributed by atoms with Gasteiger partial charge in [0.2, 0.25) is 0 Å². The first kappa shape index (κ1) is 15.9. The average molecular weight is 341 g/mol. The van der Waals surface area contributed by atoms with E-state index in [0.29, 0.717) is 19.8 Å². The van der Waals surface area contributed by atoms with Crippen LogP contribution in [0.5, 0.6) is 11.5 Å². The number of nitrogens with zero attached hydrogens (tertiary/aromatic N) is 1. The van der Waals surface area contributed by atoms with Crippen molar-refractivity contribution in [3.05, 3.63) is 59.4 Å². The second kappa shape index (κ2) is 6.75. The standard InChI is InChI=1S/C20H20FNO3/c21-16-6-2-1-5-15(16)20(23)22-10-3-7-17(22)14-8-9-18-19(13-14)25-12-4-11-24-18/h1-2,5-6,8-9,13,17H,3-4,7,10-12H2/t17-/m0/s1.